The monoisotopic (exact) mass is 185 g/mol. The molecule has 0 aromatic carbocycles. The molecule has 76 valence electrons. The number of rotatable bonds is 4. The Bertz CT molecular complexity index is 179. The fraction of sp³-hybridized carbons (Fsp3) is 0.889. The van der Waals surface area contributed by atoms with E-state index in [4.69, 9.17) is 0 Å². The van der Waals surface area contributed by atoms with E-state index in [0.717, 1.165) is 31.9 Å². The Morgan fingerprint density at radius 2 is 2.23 bits per heavy atom. The van der Waals surface area contributed by atoms with Crippen LogP contribution in [-0.4, -0.2) is 36.3 Å². The van der Waals surface area contributed by atoms with Gasteiger partial charge >= 0.3 is 0 Å². The maximum atomic E-state index is 9.29. The molecule has 1 aliphatic rings. The van der Waals surface area contributed by atoms with E-state index < -0.39 is 0 Å². The van der Waals surface area contributed by atoms with E-state index in [-0.39, 0.29) is 12.1 Å². The second-order valence-corrected chi connectivity index (χ2v) is 3.43. The van der Waals surface area contributed by atoms with Crippen LogP contribution in [0, 0.1) is 0 Å². The van der Waals surface area contributed by atoms with Crippen molar-refractivity contribution in [1.82, 2.24) is 10.6 Å². The first-order chi connectivity index (χ1) is 6.26. The third-order valence-electron chi connectivity index (χ3n) is 2.71. The van der Waals surface area contributed by atoms with Crippen molar-refractivity contribution in [2.24, 2.45) is 4.99 Å². The van der Waals surface area contributed by atoms with E-state index in [1.54, 1.807) is 0 Å². The van der Waals surface area contributed by atoms with Gasteiger partial charge in [-0.2, -0.15) is 0 Å². The van der Waals surface area contributed by atoms with Crippen LogP contribution >= 0.6 is 0 Å². The molecule has 0 saturated heterocycles. The van der Waals surface area contributed by atoms with Gasteiger partial charge in [-0.15, -0.1) is 0 Å². The Morgan fingerprint density at radius 1 is 1.54 bits per heavy atom. The minimum Gasteiger partial charge on any atom is -0.394 e. The number of aliphatic imine (C=N–C) groups is 1. The highest BCUT2D eigenvalue weighted by atomic mass is 16.3. The highest BCUT2D eigenvalue weighted by molar-refractivity contribution is 5.81. The summed E-state index contributed by atoms with van der Waals surface area (Å²) in [5.74, 6) is 0.831. The molecule has 0 aromatic rings. The molecule has 1 rings (SSSR count). The first-order valence-electron chi connectivity index (χ1n) is 4.93. The van der Waals surface area contributed by atoms with Gasteiger partial charge in [-0.3, -0.25) is 4.99 Å². The molecule has 0 bridgehead atoms. The minimum atomic E-state index is -0.198. The molecule has 0 radical (unpaired) electrons. The van der Waals surface area contributed by atoms with Crippen LogP contribution in [0.2, 0.25) is 0 Å². The van der Waals surface area contributed by atoms with Gasteiger partial charge in [0.05, 0.1) is 18.7 Å². The second kappa shape index (κ2) is 4.46. The molecule has 0 fully saturated rings. The van der Waals surface area contributed by atoms with Crippen molar-refractivity contribution in [2.45, 2.75) is 32.2 Å². The van der Waals surface area contributed by atoms with Gasteiger partial charge < -0.3 is 15.7 Å². The molecule has 0 saturated carbocycles. The van der Waals surface area contributed by atoms with Crippen LogP contribution in [0.25, 0.3) is 0 Å². The van der Waals surface area contributed by atoms with Gasteiger partial charge in [0, 0.05) is 6.54 Å². The zero-order valence-electron chi connectivity index (χ0n) is 8.43. The minimum absolute atomic E-state index is 0.153. The first kappa shape index (κ1) is 10.3. The number of hydrogen-bond donors (Lipinski definition) is 3. The zero-order chi connectivity index (χ0) is 9.73. The molecule has 0 unspecified atom stereocenters. The van der Waals surface area contributed by atoms with Crippen LogP contribution in [0.3, 0.4) is 0 Å². The standard InChI is InChI=1S/C9H19N3O/c1-3-9(4-2,7-13)12-8-10-5-6-11-8/h13H,3-7H2,1-2H3,(H2,10,11,12). The quantitative estimate of drug-likeness (QED) is 0.581. The lowest BCUT2D eigenvalue weighted by Crippen LogP contribution is -2.53. The van der Waals surface area contributed by atoms with Gasteiger partial charge in [0.25, 0.3) is 0 Å². The molecule has 0 aliphatic carbocycles. The highest BCUT2D eigenvalue weighted by Gasteiger charge is 2.26. The molecule has 1 aliphatic heterocycles. The highest BCUT2D eigenvalue weighted by Crippen LogP contribution is 2.13. The largest absolute Gasteiger partial charge is 0.394 e. The Hall–Kier alpha value is -0.770. The summed E-state index contributed by atoms with van der Waals surface area (Å²) in [6.45, 7) is 6.03. The Labute approximate surface area is 79.4 Å². The maximum absolute atomic E-state index is 9.29. The molecular formula is C9H19N3O. The Balaban J connectivity index is 2.55. The van der Waals surface area contributed by atoms with Crippen LogP contribution in [0.5, 0.6) is 0 Å². The fourth-order valence-corrected chi connectivity index (χ4v) is 1.42. The molecular weight excluding hydrogens is 166 g/mol. The predicted molar refractivity (Wildman–Crippen MR) is 53.8 cm³/mol. The van der Waals surface area contributed by atoms with Crippen LogP contribution in [0.4, 0.5) is 0 Å². The van der Waals surface area contributed by atoms with Gasteiger partial charge in [-0.25, -0.2) is 0 Å². The van der Waals surface area contributed by atoms with Gasteiger partial charge in [0.15, 0.2) is 5.96 Å². The van der Waals surface area contributed by atoms with E-state index in [2.05, 4.69) is 29.5 Å². The van der Waals surface area contributed by atoms with Crippen molar-refractivity contribution in [2.75, 3.05) is 19.7 Å². The van der Waals surface area contributed by atoms with E-state index in [1.807, 2.05) is 0 Å². The van der Waals surface area contributed by atoms with E-state index >= 15 is 0 Å². The summed E-state index contributed by atoms with van der Waals surface area (Å²) in [4.78, 5) is 4.25. The van der Waals surface area contributed by atoms with Crippen molar-refractivity contribution in [3.63, 3.8) is 0 Å². The number of guanidine groups is 1. The third kappa shape index (κ3) is 2.34. The lowest BCUT2D eigenvalue weighted by atomic mass is 9.94. The summed E-state index contributed by atoms with van der Waals surface area (Å²) < 4.78 is 0. The van der Waals surface area contributed by atoms with Crippen molar-refractivity contribution in [3.05, 3.63) is 0 Å². The Kier molecular flexibility index (Phi) is 3.54. The number of nitrogens with zero attached hydrogens (tertiary/aromatic N) is 1. The molecule has 0 aromatic heterocycles. The van der Waals surface area contributed by atoms with Gasteiger partial charge in [-0.1, -0.05) is 13.8 Å². The lowest BCUT2D eigenvalue weighted by molar-refractivity contribution is 0.169. The average Bonchev–Trinajstić information content (AvgIpc) is 2.67. The van der Waals surface area contributed by atoms with Crippen molar-refractivity contribution in [3.8, 4) is 0 Å². The summed E-state index contributed by atoms with van der Waals surface area (Å²) in [5.41, 5.74) is -0.198. The lowest BCUT2D eigenvalue weighted by Gasteiger charge is -2.31. The smallest absolute Gasteiger partial charge is 0.191 e. The molecule has 4 nitrogen and oxygen atoms in total. The number of hydrogen-bond acceptors (Lipinski definition) is 4. The molecule has 0 amide bonds. The number of aliphatic hydroxyl groups is 1. The van der Waals surface area contributed by atoms with E-state index in [9.17, 15) is 5.11 Å². The normalized spacial score (nSPS) is 16.7. The van der Waals surface area contributed by atoms with E-state index in [0.29, 0.717) is 0 Å². The summed E-state index contributed by atoms with van der Waals surface area (Å²) in [7, 11) is 0. The van der Waals surface area contributed by atoms with Crippen molar-refractivity contribution >= 4 is 5.96 Å². The summed E-state index contributed by atoms with van der Waals surface area (Å²) in [6, 6.07) is 0. The summed E-state index contributed by atoms with van der Waals surface area (Å²) in [6.07, 6.45) is 1.81. The summed E-state index contributed by atoms with van der Waals surface area (Å²) in [5, 5.41) is 15.7. The molecule has 0 atom stereocenters. The SMILES string of the molecule is CCC(CC)(CO)NC1=NCCN1. The van der Waals surface area contributed by atoms with Crippen LogP contribution in [0.1, 0.15) is 26.7 Å². The van der Waals surface area contributed by atoms with Gasteiger partial charge in [0.2, 0.25) is 0 Å². The second-order valence-electron chi connectivity index (χ2n) is 3.43. The van der Waals surface area contributed by atoms with Crippen LogP contribution < -0.4 is 10.6 Å². The predicted octanol–water partition coefficient (Wildman–Crippen LogP) is 0.0863. The van der Waals surface area contributed by atoms with Crippen LogP contribution in [0.15, 0.2) is 4.99 Å². The molecule has 13 heavy (non-hydrogen) atoms. The zero-order valence-corrected chi connectivity index (χ0v) is 8.43. The van der Waals surface area contributed by atoms with Crippen molar-refractivity contribution < 1.29 is 5.11 Å². The van der Waals surface area contributed by atoms with Crippen molar-refractivity contribution in [1.29, 1.82) is 0 Å². The fourth-order valence-electron chi connectivity index (χ4n) is 1.42. The van der Waals surface area contributed by atoms with Gasteiger partial charge in [0.1, 0.15) is 0 Å². The van der Waals surface area contributed by atoms with E-state index in [1.165, 1.54) is 0 Å². The van der Waals surface area contributed by atoms with Crippen LogP contribution in [-0.2, 0) is 0 Å². The summed E-state index contributed by atoms with van der Waals surface area (Å²) >= 11 is 0. The first-order valence-corrected chi connectivity index (χ1v) is 4.93. The molecule has 0 spiro atoms. The molecule has 1 heterocycles. The number of nitrogens with one attached hydrogen (secondary N) is 2. The maximum Gasteiger partial charge on any atom is 0.191 e. The molecule has 4 heteroatoms. The third-order valence-corrected chi connectivity index (χ3v) is 2.71. The topological polar surface area (TPSA) is 56.6 Å². The average molecular weight is 185 g/mol. The number of aliphatic hydroxyl groups excluding tert-OH is 1. The van der Waals surface area contributed by atoms with Gasteiger partial charge in [-0.05, 0) is 12.8 Å². The Morgan fingerprint density at radius 3 is 2.62 bits per heavy atom. The molecule has 3 N–H and O–H groups in total.